The van der Waals surface area contributed by atoms with Crippen LogP contribution in [0.25, 0.3) is 145 Å². The Balaban J connectivity index is 0.000000144. The molecule has 6 nitrogen and oxygen atoms in total. The van der Waals surface area contributed by atoms with Gasteiger partial charge in [-0.05, 0) is 171 Å². The zero-order valence-corrected chi connectivity index (χ0v) is 66.4. The third-order valence-electron chi connectivity index (χ3n) is 24.3. The number of nitriles is 2. The predicted octanol–water partition coefficient (Wildman–Crippen LogP) is 28.2. The highest BCUT2D eigenvalue weighted by molar-refractivity contribution is 8.00. The average Bonchev–Trinajstić information content (AvgIpc) is 1.50. The van der Waals surface area contributed by atoms with Gasteiger partial charge in [0, 0.05) is 53.0 Å². The zero-order chi connectivity index (χ0) is 79.8. The van der Waals surface area contributed by atoms with Crippen molar-refractivity contribution in [1.82, 2.24) is 19.9 Å². The molecule has 19 aromatic rings. The smallest absolute Gasteiger partial charge is 0.160 e. The van der Waals surface area contributed by atoms with E-state index < -0.39 is 10.8 Å². The topological polar surface area (TPSA) is 99.1 Å². The molecule has 23 rings (SSSR count). The third kappa shape index (κ3) is 11.6. The van der Waals surface area contributed by atoms with Crippen molar-refractivity contribution < 1.29 is 0 Å². The van der Waals surface area contributed by atoms with Crippen molar-refractivity contribution in [2.45, 2.75) is 30.4 Å². The van der Waals surface area contributed by atoms with Crippen LogP contribution in [0.4, 0.5) is 0 Å². The Bertz CT molecular complexity index is 7290. The van der Waals surface area contributed by atoms with E-state index in [0.717, 1.165) is 78.4 Å². The van der Waals surface area contributed by atoms with Crippen LogP contribution in [-0.2, 0) is 10.8 Å². The van der Waals surface area contributed by atoms with E-state index in [0.29, 0.717) is 22.8 Å². The number of fused-ring (bicyclic) bond motifs is 19. The minimum atomic E-state index is -0.592. The van der Waals surface area contributed by atoms with Crippen LogP contribution in [0.2, 0.25) is 0 Å². The van der Waals surface area contributed by atoms with Crippen LogP contribution in [0, 0.1) is 22.7 Å². The molecule has 0 saturated carbocycles. The Hall–Kier alpha value is -15.2. The summed E-state index contributed by atoms with van der Waals surface area (Å²) in [5, 5.41) is 21.2. The predicted molar refractivity (Wildman–Crippen MR) is 488 cm³/mol. The second-order valence-electron chi connectivity index (χ2n) is 30.7. The fraction of sp³-hybridized carbons (Fsp3) is 0.0179. The van der Waals surface area contributed by atoms with Crippen LogP contribution in [0.15, 0.2) is 432 Å². The van der Waals surface area contributed by atoms with Crippen LogP contribution in [0.1, 0.15) is 55.6 Å². The number of hydrogen-bond donors (Lipinski definition) is 0. The molecule has 2 spiro atoms. The third-order valence-corrected chi connectivity index (χ3v) is 26.7. The minimum absolute atomic E-state index is 0.560. The van der Waals surface area contributed by atoms with E-state index in [2.05, 4.69) is 340 Å². The van der Waals surface area contributed by atoms with Crippen molar-refractivity contribution in [3.05, 3.63) is 468 Å². The van der Waals surface area contributed by atoms with Gasteiger partial charge in [0.15, 0.2) is 11.6 Å². The SMILES string of the molecule is N#Cc1ccc(-c2ccc(-c3cccc4c3Sc3ccccc3C43c4ccccc4-c4c(-c5cc(-c6ccccc6)nc(-c6ccccc6)n5)cccc43)c3ccccc23)cc1.N#Cc1ccc(-c2ccc(-c3cccc4c3Sc3ccccc3C43c4ccccc4-c4c(-c5cc(-c6ccccc6)nc(-c6ccccc6)n5)cccc43)cc2)cc1. The van der Waals surface area contributed by atoms with Crippen molar-refractivity contribution in [1.29, 1.82) is 10.5 Å². The van der Waals surface area contributed by atoms with Crippen molar-refractivity contribution in [3.8, 4) is 147 Å². The quantitative estimate of drug-likeness (QED) is 0.134. The summed E-state index contributed by atoms with van der Waals surface area (Å²) in [5.74, 6) is 1.41. The first-order valence-electron chi connectivity index (χ1n) is 40.3. The summed E-state index contributed by atoms with van der Waals surface area (Å²) in [5.41, 5.74) is 34.3. The Labute approximate surface area is 704 Å². The van der Waals surface area contributed by atoms with Gasteiger partial charge in [0.2, 0.25) is 0 Å². The summed E-state index contributed by atoms with van der Waals surface area (Å²) in [6.45, 7) is 0. The summed E-state index contributed by atoms with van der Waals surface area (Å²) in [7, 11) is 0. The Morgan fingerprint density at radius 1 is 0.208 bits per heavy atom. The van der Waals surface area contributed by atoms with Gasteiger partial charge in [0.25, 0.3) is 0 Å². The summed E-state index contributed by atoms with van der Waals surface area (Å²) >= 11 is 3.74. The number of hydrogen-bond acceptors (Lipinski definition) is 8. The number of benzene rings is 17. The summed E-state index contributed by atoms with van der Waals surface area (Å²) in [6, 6.07) is 151. The number of aromatic nitrogens is 4. The highest BCUT2D eigenvalue weighted by atomic mass is 32.2. The molecule has 4 heterocycles. The Morgan fingerprint density at radius 2 is 0.525 bits per heavy atom. The summed E-state index contributed by atoms with van der Waals surface area (Å²) in [4.78, 5) is 26.0. The molecule has 2 aliphatic carbocycles. The molecule has 0 amide bonds. The van der Waals surface area contributed by atoms with E-state index in [4.69, 9.17) is 19.9 Å². The Kier molecular flexibility index (Phi) is 17.6. The summed E-state index contributed by atoms with van der Waals surface area (Å²) < 4.78 is 0. The van der Waals surface area contributed by atoms with Gasteiger partial charge in [-0.1, -0.05) is 388 Å². The number of nitrogens with zero attached hydrogens (tertiary/aromatic N) is 6. The normalized spacial score (nSPS) is 14.5. The Morgan fingerprint density at radius 3 is 0.992 bits per heavy atom. The molecule has 120 heavy (non-hydrogen) atoms. The molecule has 2 atom stereocenters. The van der Waals surface area contributed by atoms with E-state index in [1.54, 1.807) is 0 Å². The molecule has 2 unspecified atom stereocenters. The van der Waals surface area contributed by atoms with Crippen molar-refractivity contribution in [2.75, 3.05) is 0 Å². The number of rotatable bonds is 10. The van der Waals surface area contributed by atoms with Gasteiger partial charge in [-0.3, -0.25) is 0 Å². The largest absolute Gasteiger partial charge is 0.228 e. The second-order valence-corrected chi connectivity index (χ2v) is 32.8. The van der Waals surface area contributed by atoms with E-state index >= 15 is 0 Å². The van der Waals surface area contributed by atoms with Gasteiger partial charge < -0.3 is 0 Å². The first-order valence-corrected chi connectivity index (χ1v) is 42.0. The van der Waals surface area contributed by atoms with Crippen LogP contribution in [0.3, 0.4) is 0 Å². The van der Waals surface area contributed by atoms with Gasteiger partial charge in [-0.15, -0.1) is 0 Å². The van der Waals surface area contributed by atoms with E-state index in [-0.39, 0.29) is 0 Å². The standard InChI is InChI=1S/C58H35N3S.C54H33N3S/c59-36-37-29-31-38(32-30-37)41-33-34-44(43-20-8-7-19-42(41)43)45-22-13-27-51-56(45)62-54-28-12-11-25-49(54)58(51)48-24-10-9-21-46(48)55-47(23-14-26-50(55)58)53-35-52(39-15-3-1-4-16-39)60-57(61-53)40-17-5-2-6-18-40;55-34-35-25-27-36(28-26-35)37-29-31-38(32-30-37)41-18-11-23-47-52(41)58-50-24-10-9-21-45(50)54(47)44-20-8-7-17-42(44)51-43(19-12-22-46(51)54)49-33-48(39-13-3-1-4-14-39)56-53(57-49)40-15-5-2-6-16-40/h1-35H;1-33H. The molecule has 0 radical (unpaired) electrons. The van der Waals surface area contributed by atoms with Crippen LogP contribution in [0.5, 0.6) is 0 Å². The molecular weight excluding hydrogens is 1490 g/mol. The van der Waals surface area contributed by atoms with Gasteiger partial charge >= 0.3 is 0 Å². The maximum atomic E-state index is 9.48. The van der Waals surface area contributed by atoms with E-state index in [1.807, 2.05) is 108 Å². The monoisotopic (exact) mass is 1560 g/mol. The van der Waals surface area contributed by atoms with Crippen molar-refractivity contribution in [2.24, 2.45) is 0 Å². The average molecular weight is 1560 g/mol. The van der Waals surface area contributed by atoms with Crippen LogP contribution >= 0.6 is 23.5 Å². The fourth-order valence-electron chi connectivity index (χ4n) is 19.0. The molecule has 558 valence electrons. The molecule has 0 saturated heterocycles. The first-order chi connectivity index (χ1) is 59.4. The molecule has 0 fully saturated rings. The molecular formula is C112H68N6S2. The van der Waals surface area contributed by atoms with E-state index in [1.165, 1.54) is 119 Å². The van der Waals surface area contributed by atoms with Crippen LogP contribution in [-0.4, -0.2) is 19.9 Å². The highest BCUT2D eigenvalue weighted by Gasteiger charge is 2.53. The maximum absolute atomic E-state index is 9.48. The molecule has 4 aliphatic rings. The molecule has 0 bridgehead atoms. The zero-order valence-electron chi connectivity index (χ0n) is 64.8. The molecule has 2 aliphatic heterocycles. The van der Waals surface area contributed by atoms with Gasteiger partial charge in [0.1, 0.15) is 0 Å². The van der Waals surface area contributed by atoms with E-state index in [9.17, 15) is 10.5 Å². The second kappa shape index (κ2) is 29.5. The lowest BCUT2D eigenvalue weighted by atomic mass is 9.67. The minimum Gasteiger partial charge on any atom is -0.228 e. The lowest BCUT2D eigenvalue weighted by Crippen LogP contribution is -2.32. The molecule has 0 N–H and O–H groups in total. The van der Waals surface area contributed by atoms with Crippen LogP contribution < -0.4 is 0 Å². The van der Waals surface area contributed by atoms with Gasteiger partial charge in [-0.2, -0.15) is 10.5 Å². The molecule has 17 aromatic carbocycles. The summed E-state index contributed by atoms with van der Waals surface area (Å²) in [6.07, 6.45) is 0. The van der Waals surface area contributed by atoms with Gasteiger partial charge in [0.05, 0.1) is 56.9 Å². The fourth-order valence-corrected chi connectivity index (χ4v) is 21.7. The molecule has 2 aromatic heterocycles. The highest BCUT2D eigenvalue weighted by Crippen LogP contribution is 2.67. The maximum Gasteiger partial charge on any atom is 0.160 e. The lowest BCUT2D eigenvalue weighted by molar-refractivity contribution is 0.723. The van der Waals surface area contributed by atoms with Crippen molar-refractivity contribution in [3.63, 3.8) is 0 Å². The van der Waals surface area contributed by atoms with Gasteiger partial charge in [-0.25, -0.2) is 19.9 Å². The molecule has 8 heteroatoms. The first kappa shape index (κ1) is 71.4. The lowest BCUT2D eigenvalue weighted by Gasteiger charge is -2.40. The van der Waals surface area contributed by atoms with Crippen molar-refractivity contribution >= 4 is 34.3 Å².